The van der Waals surface area contributed by atoms with Gasteiger partial charge in [-0.1, -0.05) is 6.07 Å². The van der Waals surface area contributed by atoms with E-state index in [1.807, 2.05) is 4.90 Å². The van der Waals surface area contributed by atoms with Gasteiger partial charge in [-0.2, -0.15) is 5.11 Å². The van der Waals surface area contributed by atoms with Crippen LogP contribution in [0.5, 0.6) is 5.75 Å². The Labute approximate surface area is 194 Å². The summed E-state index contributed by atoms with van der Waals surface area (Å²) in [7, 11) is 0. The number of benzene rings is 1. The minimum atomic E-state index is -5.00. The molecule has 3 N–H and O–H groups in total. The highest BCUT2D eigenvalue weighted by molar-refractivity contribution is 5.68. The Morgan fingerprint density at radius 3 is 2.56 bits per heavy atom. The monoisotopic (exact) mass is 491 g/mol. The highest BCUT2D eigenvalue weighted by Gasteiger charge is 2.34. The number of ether oxygens (including phenoxy) is 3. The molecule has 0 unspecified atom stereocenters. The fourth-order valence-electron chi connectivity index (χ4n) is 3.25. The molecule has 190 valence electrons. The molecule has 1 aliphatic heterocycles. The van der Waals surface area contributed by atoms with Gasteiger partial charge in [-0.3, -0.25) is 4.90 Å². The minimum Gasteiger partial charge on any atom is -0.444 e. The maximum absolute atomic E-state index is 14.1. The van der Waals surface area contributed by atoms with Gasteiger partial charge in [-0.25, -0.2) is 14.7 Å². The second kappa shape index (κ2) is 11.5. The number of alkyl halides is 3. The Morgan fingerprint density at radius 2 is 2.00 bits per heavy atom. The van der Waals surface area contributed by atoms with E-state index in [9.17, 15) is 22.4 Å². The molecule has 0 spiro atoms. The van der Waals surface area contributed by atoms with Crippen LogP contribution in [0.1, 0.15) is 26.3 Å². The summed E-state index contributed by atoms with van der Waals surface area (Å²) in [5.41, 5.74) is 12.4. The number of amides is 1. The molecule has 1 atom stereocenters. The van der Waals surface area contributed by atoms with E-state index in [0.717, 1.165) is 18.3 Å². The Bertz CT molecular complexity index is 889. The van der Waals surface area contributed by atoms with Crippen molar-refractivity contribution in [2.75, 3.05) is 32.8 Å². The molecule has 2 rings (SSSR count). The molecule has 0 bridgehead atoms. The van der Waals surface area contributed by atoms with Crippen molar-refractivity contribution in [3.63, 3.8) is 0 Å². The van der Waals surface area contributed by atoms with Crippen molar-refractivity contribution in [2.45, 2.75) is 45.3 Å². The number of nitrogens with two attached hydrogens (primary N) is 1. The van der Waals surface area contributed by atoms with Crippen LogP contribution < -0.4 is 10.5 Å². The van der Waals surface area contributed by atoms with Crippen LogP contribution in [-0.4, -0.2) is 66.7 Å². The number of nitrogens with one attached hydrogen (secondary N) is 1. The van der Waals surface area contributed by atoms with E-state index in [-0.39, 0.29) is 38.0 Å². The van der Waals surface area contributed by atoms with Crippen LogP contribution >= 0.6 is 0 Å². The van der Waals surface area contributed by atoms with E-state index in [2.05, 4.69) is 9.85 Å². The van der Waals surface area contributed by atoms with E-state index in [0.29, 0.717) is 18.7 Å². The van der Waals surface area contributed by atoms with Crippen molar-refractivity contribution in [1.82, 2.24) is 9.80 Å². The van der Waals surface area contributed by atoms with Crippen molar-refractivity contribution < 1.29 is 36.6 Å². The highest BCUT2D eigenvalue weighted by Crippen LogP contribution is 2.27. The van der Waals surface area contributed by atoms with Gasteiger partial charge < -0.3 is 24.8 Å². The van der Waals surface area contributed by atoms with Crippen LogP contribution in [0.25, 0.3) is 0 Å². The molecule has 0 saturated carbocycles. The summed E-state index contributed by atoms with van der Waals surface area (Å²) in [4.78, 5) is 16.0. The minimum absolute atomic E-state index is 0.0190. The number of nitrogens with zero attached hydrogens (tertiary/aromatic N) is 3. The van der Waals surface area contributed by atoms with Gasteiger partial charge in [-0.05, 0) is 38.5 Å². The van der Waals surface area contributed by atoms with E-state index < -0.39 is 29.6 Å². The van der Waals surface area contributed by atoms with Gasteiger partial charge in [0.2, 0.25) is 0 Å². The molecule has 1 aromatic carbocycles. The summed E-state index contributed by atoms with van der Waals surface area (Å²) in [5, 5.41) is 3.23. The first-order valence-electron chi connectivity index (χ1n) is 10.4. The maximum atomic E-state index is 14.1. The van der Waals surface area contributed by atoms with Gasteiger partial charge in [-0.15, -0.1) is 13.2 Å². The van der Waals surface area contributed by atoms with Gasteiger partial charge >= 0.3 is 12.5 Å². The summed E-state index contributed by atoms with van der Waals surface area (Å²) in [6.45, 7) is 6.54. The van der Waals surface area contributed by atoms with Crippen LogP contribution in [0, 0.1) is 11.3 Å². The zero-order chi connectivity index (χ0) is 25.5. The molecular weight excluding hydrogens is 462 g/mol. The predicted octanol–water partition coefficient (Wildman–Crippen LogP) is 3.99. The van der Waals surface area contributed by atoms with Crippen molar-refractivity contribution in [3.8, 4) is 5.75 Å². The Hall–Kier alpha value is -2.93. The first kappa shape index (κ1) is 27.3. The van der Waals surface area contributed by atoms with Crippen LogP contribution in [0.2, 0.25) is 0 Å². The second-order valence-electron chi connectivity index (χ2n) is 8.65. The van der Waals surface area contributed by atoms with Gasteiger partial charge in [0.15, 0.2) is 11.6 Å². The summed E-state index contributed by atoms with van der Waals surface area (Å²) in [6.07, 6.45) is -4.34. The highest BCUT2D eigenvalue weighted by atomic mass is 19.4. The van der Waals surface area contributed by atoms with Crippen LogP contribution in [-0.2, 0) is 16.0 Å². The number of carbonyl (C=O) groups is 1. The number of hydrogen-bond donors (Lipinski definition) is 2. The Morgan fingerprint density at radius 1 is 1.29 bits per heavy atom. The van der Waals surface area contributed by atoms with E-state index in [4.69, 9.17) is 20.7 Å². The zero-order valence-electron chi connectivity index (χ0n) is 19.2. The smallest absolute Gasteiger partial charge is 0.444 e. The van der Waals surface area contributed by atoms with Crippen molar-refractivity contribution in [3.05, 3.63) is 41.5 Å². The molecule has 1 aromatic rings. The average Bonchev–Trinajstić information content (AvgIpc) is 2.72. The van der Waals surface area contributed by atoms with Crippen LogP contribution in [0.3, 0.4) is 0 Å². The molecular formula is C21H29F4N5O4. The molecule has 34 heavy (non-hydrogen) atoms. The van der Waals surface area contributed by atoms with Gasteiger partial charge in [0.1, 0.15) is 11.3 Å². The molecule has 0 aromatic heterocycles. The third-order valence-electron chi connectivity index (χ3n) is 4.76. The standard InChI is InChI=1S/C21H29F4N5O4/c1-20(2,3)34-19(31)30-7-6-29(16(11-30)13-32-12-15(9-26)28-27)10-14-4-5-18(17(22)8-14)33-21(23,24)25/h4-5,8-9,16,27H,6-7,10-13,26H2,1-3H3/b15-9-,28-27?/t16-/m1/s1. The summed E-state index contributed by atoms with van der Waals surface area (Å²) in [5.74, 6) is -2.05. The van der Waals surface area contributed by atoms with Crippen molar-refractivity contribution in [2.24, 2.45) is 10.8 Å². The van der Waals surface area contributed by atoms with Gasteiger partial charge in [0.05, 0.1) is 19.3 Å². The average molecular weight is 491 g/mol. The lowest BCUT2D eigenvalue weighted by molar-refractivity contribution is -0.275. The van der Waals surface area contributed by atoms with Crippen molar-refractivity contribution in [1.29, 1.82) is 5.53 Å². The molecule has 9 nitrogen and oxygen atoms in total. The number of rotatable bonds is 8. The topological polar surface area (TPSA) is 113 Å². The van der Waals surface area contributed by atoms with Crippen LogP contribution in [0.4, 0.5) is 22.4 Å². The van der Waals surface area contributed by atoms with E-state index in [1.54, 1.807) is 20.8 Å². The molecule has 13 heteroatoms. The predicted molar refractivity (Wildman–Crippen MR) is 113 cm³/mol. The van der Waals surface area contributed by atoms with E-state index >= 15 is 0 Å². The Kier molecular flexibility index (Phi) is 9.21. The summed E-state index contributed by atoms with van der Waals surface area (Å²) < 4.78 is 66.0. The second-order valence-corrected chi connectivity index (χ2v) is 8.65. The largest absolute Gasteiger partial charge is 0.573 e. The molecule has 1 amide bonds. The fraction of sp³-hybridized carbons (Fsp3) is 0.571. The summed E-state index contributed by atoms with van der Waals surface area (Å²) >= 11 is 0. The van der Waals surface area contributed by atoms with Crippen molar-refractivity contribution >= 4 is 6.09 Å². The molecule has 1 aliphatic rings. The zero-order valence-corrected chi connectivity index (χ0v) is 19.2. The Balaban J connectivity index is 2.12. The van der Waals surface area contributed by atoms with Gasteiger partial charge in [0.25, 0.3) is 0 Å². The first-order valence-corrected chi connectivity index (χ1v) is 10.4. The molecule has 0 aliphatic carbocycles. The lowest BCUT2D eigenvalue weighted by Crippen LogP contribution is -2.56. The lowest BCUT2D eigenvalue weighted by Gasteiger charge is -2.41. The fourth-order valence-corrected chi connectivity index (χ4v) is 3.25. The first-order chi connectivity index (χ1) is 15.8. The summed E-state index contributed by atoms with van der Waals surface area (Å²) in [6, 6.07) is 2.90. The molecule has 1 heterocycles. The van der Waals surface area contributed by atoms with E-state index in [1.165, 1.54) is 11.0 Å². The third kappa shape index (κ3) is 8.78. The number of carbonyl (C=O) groups excluding carboxylic acids is 1. The quantitative estimate of drug-likeness (QED) is 0.420. The van der Waals surface area contributed by atoms with Crippen LogP contribution in [0.15, 0.2) is 35.2 Å². The normalized spacial score (nSPS) is 18.0. The molecule has 0 radical (unpaired) electrons. The SMILES string of the molecule is CC(C)(C)OC(=O)N1CCN(Cc2ccc(OC(F)(F)F)c(F)c2)[C@@H](COC/C(=C/N)N=N)C1. The maximum Gasteiger partial charge on any atom is 0.573 e. The molecule has 1 fully saturated rings. The third-order valence-corrected chi connectivity index (χ3v) is 4.76. The number of halogens is 4. The molecule has 1 saturated heterocycles. The lowest BCUT2D eigenvalue weighted by atomic mass is 10.1. The number of hydrogen-bond acceptors (Lipinski definition) is 8. The number of piperazine rings is 1. The van der Waals surface area contributed by atoms with Gasteiger partial charge in [0, 0.05) is 32.4 Å².